The lowest BCUT2D eigenvalue weighted by Gasteiger charge is -2.14. The molecule has 0 radical (unpaired) electrons. The predicted octanol–water partition coefficient (Wildman–Crippen LogP) is 1.98. The maximum atomic E-state index is 13.2. The highest BCUT2D eigenvalue weighted by atomic mass is 35.5. The summed E-state index contributed by atoms with van der Waals surface area (Å²) >= 11 is 5.97. The number of halogens is 1. The maximum Gasteiger partial charge on any atom is 0.332 e. The molecular formula is C21H22ClN5O4. The summed E-state index contributed by atoms with van der Waals surface area (Å²) in [6.45, 7) is 5.85. The number of hydrogen-bond donors (Lipinski definition) is 1. The molecule has 4 rings (SSSR count). The summed E-state index contributed by atoms with van der Waals surface area (Å²) in [5, 5.41) is 11.5. The molecule has 1 aromatic carbocycles. The Hall–Kier alpha value is -3.33. The van der Waals surface area contributed by atoms with Crippen LogP contribution in [-0.2, 0) is 26.1 Å². The van der Waals surface area contributed by atoms with Gasteiger partial charge >= 0.3 is 5.69 Å². The molecule has 0 aliphatic carbocycles. The van der Waals surface area contributed by atoms with Gasteiger partial charge in [0.05, 0.1) is 12.1 Å². The summed E-state index contributed by atoms with van der Waals surface area (Å²) in [5.41, 5.74) is -0.452. The molecule has 162 valence electrons. The van der Waals surface area contributed by atoms with Gasteiger partial charge < -0.3 is 5.11 Å². The smallest absolute Gasteiger partial charge is 0.332 e. The average molecular weight is 444 g/mol. The van der Waals surface area contributed by atoms with Gasteiger partial charge in [0.25, 0.3) is 11.1 Å². The van der Waals surface area contributed by atoms with Crippen LogP contribution in [-0.4, -0.2) is 28.2 Å². The number of imidazole rings is 1. The summed E-state index contributed by atoms with van der Waals surface area (Å²) in [4.78, 5) is 43.6. The minimum absolute atomic E-state index is 0.0304. The second-order valence-electron chi connectivity index (χ2n) is 7.17. The molecule has 0 saturated carbocycles. The second kappa shape index (κ2) is 7.73. The molecule has 1 N–H and O–H groups in total. The standard InChI is InChI=1S/C21H22ClN5O4/c1-4-14-17(28)26(11-12-7-9-13(22)10-8-12)20-23-16-15(27(20)18(14)29)19(30)25(6-3)21(31)24(16)5-2/h7-10,28H,4-6,11H2,1-3H3. The first-order valence-corrected chi connectivity index (χ1v) is 10.5. The van der Waals surface area contributed by atoms with E-state index < -0.39 is 16.8 Å². The molecule has 0 saturated heterocycles. The Balaban J connectivity index is 2.20. The summed E-state index contributed by atoms with van der Waals surface area (Å²) in [6, 6.07) is 7.06. The Morgan fingerprint density at radius 3 is 2.16 bits per heavy atom. The minimum Gasteiger partial charge on any atom is -0.494 e. The number of hydrogen-bond acceptors (Lipinski definition) is 5. The van der Waals surface area contributed by atoms with Gasteiger partial charge in [-0.25, -0.2) is 9.20 Å². The maximum absolute atomic E-state index is 13.2. The Bertz CT molecular complexity index is 1490. The van der Waals surface area contributed by atoms with Crippen LogP contribution in [0, 0.1) is 0 Å². The first kappa shape index (κ1) is 20.9. The normalized spacial score (nSPS) is 11.6. The van der Waals surface area contributed by atoms with Crippen molar-refractivity contribution in [3.63, 3.8) is 0 Å². The molecule has 31 heavy (non-hydrogen) atoms. The monoisotopic (exact) mass is 443 g/mol. The van der Waals surface area contributed by atoms with Crippen LogP contribution in [0.25, 0.3) is 16.9 Å². The third kappa shape index (κ3) is 3.07. The van der Waals surface area contributed by atoms with Crippen LogP contribution in [0.15, 0.2) is 38.6 Å². The second-order valence-corrected chi connectivity index (χ2v) is 7.61. The molecule has 0 atom stereocenters. The molecule has 3 aromatic heterocycles. The largest absolute Gasteiger partial charge is 0.494 e. The van der Waals surface area contributed by atoms with Crippen LogP contribution in [0.5, 0.6) is 5.88 Å². The van der Waals surface area contributed by atoms with Gasteiger partial charge in [-0.1, -0.05) is 30.7 Å². The average Bonchev–Trinajstić information content (AvgIpc) is 3.14. The van der Waals surface area contributed by atoms with Crippen LogP contribution < -0.4 is 16.8 Å². The van der Waals surface area contributed by atoms with Crippen LogP contribution in [0.2, 0.25) is 5.02 Å². The van der Waals surface area contributed by atoms with Crippen molar-refractivity contribution in [3.8, 4) is 5.88 Å². The molecule has 0 fully saturated rings. The van der Waals surface area contributed by atoms with Crippen molar-refractivity contribution < 1.29 is 5.11 Å². The van der Waals surface area contributed by atoms with Crippen LogP contribution in [0.3, 0.4) is 0 Å². The van der Waals surface area contributed by atoms with Crippen LogP contribution in [0.1, 0.15) is 31.9 Å². The van der Waals surface area contributed by atoms with Gasteiger partial charge in [0.15, 0.2) is 11.2 Å². The topological polar surface area (TPSA) is 104 Å². The minimum atomic E-state index is -0.581. The Morgan fingerprint density at radius 2 is 1.58 bits per heavy atom. The SMILES string of the molecule is CCc1c(O)n(Cc2ccc(Cl)cc2)c2nc3c(c(=O)n(CC)c(=O)n3CC)n2c1=O. The van der Waals surface area contributed by atoms with Crippen molar-refractivity contribution in [3.05, 3.63) is 71.6 Å². The molecule has 0 bridgehead atoms. The van der Waals surface area contributed by atoms with Gasteiger partial charge in [-0.2, -0.15) is 4.98 Å². The fraction of sp³-hybridized carbons (Fsp3) is 0.333. The molecule has 3 heterocycles. The molecule has 0 spiro atoms. The van der Waals surface area contributed by atoms with E-state index in [0.717, 1.165) is 10.1 Å². The number of rotatable bonds is 5. The number of aromatic nitrogens is 5. The molecule has 0 aliphatic rings. The van der Waals surface area contributed by atoms with E-state index >= 15 is 0 Å². The van der Waals surface area contributed by atoms with E-state index in [1.165, 1.54) is 13.5 Å². The van der Waals surface area contributed by atoms with Crippen LogP contribution >= 0.6 is 11.6 Å². The number of aromatic hydroxyl groups is 1. The zero-order valence-electron chi connectivity index (χ0n) is 17.4. The van der Waals surface area contributed by atoms with Crippen molar-refractivity contribution in [1.29, 1.82) is 0 Å². The zero-order chi connectivity index (χ0) is 22.4. The van der Waals surface area contributed by atoms with Gasteiger partial charge in [-0.15, -0.1) is 0 Å². The van der Waals surface area contributed by atoms with E-state index in [-0.39, 0.29) is 54.4 Å². The number of nitrogens with zero attached hydrogens (tertiary/aromatic N) is 5. The van der Waals surface area contributed by atoms with E-state index in [1.807, 2.05) is 0 Å². The lowest BCUT2D eigenvalue weighted by molar-refractivity contribution is 0.412. The zero-order valence-corrected chi connectivity index (χ0v) is 18.2. The van der Waals surface area contributed by atoms with Gasteiger partial charge in [-0.05, 0) is 38.0 Å². The van der Waals surface area contributed by atoms with Crippen molar-refractivity contribution in [2.45, 2.75) is 46.8 Å². The Kier molecular flexibility index (Phi) is 5.22. The summed E-state index contributed by atoms with van der Waals surface area (Å²) in [5.74, 6) is -0.122. The van der Waals surface area contributed by atoms with E-state index in [9.17, 15) is 19.5 Å². The molecule has 9 nitrogen and oxygen atoms in total. The van der Waals surface area contributed by atoms with Crippen molar-refractivity contribution >= 4 is 28.5 Å². The molecule has 0 aliphatic heterocycles. The molecular weight excluding hydrogens is 422 g/mol. The Labute approximate surface area is 181 Å². The fourth-order valence-corrected chi connectivity index (χ4v) is 4.01. The lowest BCUT2D eigenvalue weighted by Crippen LogP contribution is -2.40. The van der Waals surface area contributed by atoms with E-state index in [1.54, 1.807) is 45.0 Å². The van der Waals surface area contributed by atoms with Gasteiger partial charge in [-0.3, -0.25) is 23.3 Å². The van der Waals surface area contributed by atoms with E-state index in [2.05, 4.69) is 4.98 Å². The predicted molar refractivity (Wildman–Crippen MR) is 118 cm³/mol. The molecule has 0 amide bonds. The number of fused-ring (bicyclic) bond motifs is 3. The number of benzene rings is 1. The van der Waals surface area contributed by atoms with Gasteiger partial charge in [0.1, 0.15) is 0 Å². The highest BCUT2D eigenvalue weighted by molar-refractivity contribution is 6.30. The number of aryl methyl sites for hydroxylation is 1. The molecule has 0 unspecified atom stereocenters. The van der Waals surface area contributed by atoms with E-state index in [4.69, 9.17) is 11.6 Å². The highest BCUT2D eigenvalue weighted by Crippen LogP contribution is 2.22. The van der Waals surface area contributed by atoms with Gasteiger partial charge in [0.2, 0.25) is 11.7 Å². The summed E-state index contributed by atoms with van der Waals surface area (Å²) in [6.07, 6.45) is 0.260. The van der Waals surface area contributed by atoms with Crippen molar-refractivity contribution in [2.24, 2.45) is 0 Å². The summed E-state index contributed by atoms with van der Waals surface area (Å²) in [7, 11) is 0. The van der Waals surface area contributed by atoms with Gasteiger partial charge in [0, 0.05) is 18.1 Å². The summed E-state index contributed by atoms with van der Waals surface area (Å²) < 4.78 is 5.14. The third-order valence-corrected chi connectivity index (χ3v) is 5.73. The Morgan fingerprint density at radius 1 is 0.935 bits per heavy atom. The van der Waals surface area contributed by atoms with Crippen molar-refractivity contribution in [1.82, 2.24) is 23.1 Å². The van der Waals surface area contributed by atoms with E-state index in [0.29, 0.717) is 5.02 Å². The quantitative estimate of drug-likeness (QED) is 0.508. The highest BCUT2D eigenvalue weighted by Gasteiger charge is 2.24. The van der Waals surface area contributed by atoms with Crippen molar-refractivity contribution in [2.75, 3.05) is 0 Å². The third-order valence-electron chi connectivity index (χ3n) is 5.47. The molecule has 4 aromatic rings. The fourth-order valence-electron chi connectivity index (χ4n) is 3.88. The lowest BCUT2D eigenvalue weighted by atomic mass is 10.2. The molecule has 10 heteroatoms. The first-order chi connectivity index (χ1) is 14.8. The van der Waals surface area contributed by atoms with Crippen LogP contribution in [0.4, 0.5) is 0 Å². The first-order valence-electron chi connectivity index (χ1n) is 10.1.